The number of amides is 3. The molecule has 2 N–H and O–H groups in total. The molecule has 0 aromatic heterocycles. The lowest BCUT2D eigenvalue weighted by Crippen LogP contribution is -2.34. The number of benzene rings is 2. The molecule has 0 radical (unpaired) electrons. The van der Waals surface area contributed by atoms with Crippen LogP contribution < -0.4 is 20.1 Å². The summed E-state index contributed by atoms with van der Waals surface area (Å²) >= 11 is 0. The van der Waals surface area contributed by atoms with Crippen LogP contribution in [-0.2, 0) is 0 Å². The summed E-state index contributed by atoms with van der Waals surface area (Å²) in [7, 11) is 2.88. The van der Waals surface area contributed by atoms with Gasteiger partial charge in [-0.3, -0.25) is 10.1 Å². The normalized spacial score (nSPS) is 9.87. The lowest BCUT2D eigenvalue weighted by molar-refractivity contribution is 0.0961. The van der Waals surface area contributed by atoms with Crippen LogP contribution in [0.3, 0.4) is 0 Å². The minimum Gasteiger partial charge on any atom is -0.496 e. The van der Waals surface area contributed by atoms with Crippen molar-refractivity contribution >= 4 is 17.6 Å². The van der Waals surface area contributed by atoms with Gasteiger partial charge in [0, 0.05) is 5.69 Å². The summed E-state index contributed by atoms with van der Waals surface area (Å²) in [6.07, 6.45) is 0. The van der Waals surface area contributed by atoms with Crippen LogP contribution in [-0.4, -0.2) is 26.2 Å². The summed E-state index contributed by atoms with van der Waals surface area (Å²) in [4.78, 5) is 24.3. The molecule has 0 saturated carbocycles. The Morgan fingerprint density at radius 1 is 0.913 bits per heavy atom. The molecule has 6 heteroatoms. The van der Waals surface area contributed by atoms with Gasteiger partial charge in [-0.25, -0.2) is 4.79 Å². The SMILES string of the molecule is COc1cccc(OC)c1C(=O)NC(=O)Nc1ccc(C)cc1. The zero-order chi connectivity index (χ0) is 16.8. The summed E-state index contributed by atoms with van der Waals surface area (Å²) in [5.74, 6) is 0.0406. The molecule has 2 aromatic carbocycles. The van der Waals surface area contributed by atoms with Crippen LogP contribution in [0.1, 0.15) is 15.9 Å². The van der Waals surface area contributed by atoms with E-state index in [0.717, 1.165) is 5.56 Å². The van der Waals surface area contributed by atoms with E-state index in [9.17, 15) is 9.59 Å². The second-order valence-electron chi connectivity index (χ2n) is 4.81. The molecule has 120 valence electrons. The molecule has 0 fully saturated rings. The maximum absolute atomic E-state index is 12.3. The number of anilines is 1. The summed E-state index contributed by atoms with van der Waals surface area (Å²) < 4.78 is 10.3. The number of ether oxygens (including phenoxy) is 2. The van der Waals surface area contributed by atoms with E-state index in [-0.39, 0.29) is 5.56 Å². The quantitative estimate of drug-likeness (QED) is 0.909. The zero-order valence-electron chi connectivity index (χ0n) is 13.2. The number of hydrogen-bond acceptors (Lipinski definition) is 4. The fourth-order valence-electron chi connectivity index (χ4n) is 2.04. The van der Waals surface area contributed by atoms with E-state index in [1.807, 2.05) is 19.1 Å². The predicted molar refractivity (Wildman–Crippen MR) is 87.2 cm³/mol. The van der Waals surface area contributed by atoms with Crippen LogP contribution in [0.15, 0.2) is 42.5 Å². The van der Waals surface area contributed by atoms with E-state index < -0.39 is 11.9 Å². The van der Waals surface area contributed by atoms with Crippen molar-refractivity contribution in [1.82, 2.24) is 5.32 Å². The first kappa shape index (κ1) is 16.4. The van der Waals surface area contributed by atoms with Gasteiger partial charge in [0.05, 0.1) is 14.2 Å². The van der Waals surface area contributed by atoms with Gasteiger partial charge in [0.25, 0.3) is 5.91 Å². The average Bonchev–Trinajstić information content (AvgIpc) is 2.55. The fraction of sp³-hybridized carbons (Fsp3) is 0.176. The number of hydrogen-bond donors (Lipinski definition) is 2. The number of nitrogens with one attached hydrogen (secondary N) is 2. The van der Waals surface area contributed by atoms with Gasteiger partial charge in [-0.15, -0.1) is 0 Å². The first-order valence-electron chi connectivity index (χ1n) is 6.95. The molecular formula is C17H18N2O4. The smallest absolute Gasteiger partial charge is 0.326 e. The first-order valence-corrected chi connectivity index (χ1v) is 6.95. The monoisotopic (exact) mass is 314 g/mol. The maximum atomic E-state index is 12.3. The summed E-state index contributed by atoms with van der Waals surface area (Å²) in [5.41, 5.74) is 1.83. The third-order valence-corrected chi connectivity index (χ3v) is 3.19. The summed E-state index contributed by atoms with van der Waals surface area (Å²) in [5, 5.41) is 4.85. The molecule has 0 saturated heterocycles. The van der Waals surface area contributed by atoms with Gasteiger partial charge < -0.3 is 14.8 Å². The molecule has 0 atom stereocenters. The number of aryl methyl sites for hydroxylation is 1. The molecule has 2 aromatic rings. The van der Waals surface area contributed by atoms with Crippen molar-refractivity contribution in [1.29, 1.82) is 0 Å². The Kier molecular flexibility index (Phi) is 5.19. The first-order chi connectivity index (χ1) is 11.0. The van der Waals surface area contributed by atoms with E-state index >= 15 is 0 Å². The Labute approximate surface area is 134 Å². The van der Waals surface area contributed by atoms with E-state index in [0.29, 0.717) is 17.2 Å². The number of imide groups is 1. The molecule has 2 rings (SSSR count). The van der Waals surface area contributed by atoms with Gasteiger partial charge in [0.15, 0.2) is 0 Å². The molecule has 0 aliphatic carbocycles. The van der Waals surface area contributed by atoms with Crippen molar-refractivity contribution in [2.24, 2.45) is 0 Å². The Morgan fingerprint density at radius 3 is 2.00 bits per heavy atom. The highest BCUT2D eigenvalue weighted by Gasteiger charge is 2.20. The van der Waals surface area contributed by atoms with E-state index in [4.69, 9.17) is 9.47 Å². The Morgan fingerprint density at radius 2 is 1.48 bits per heavy atom. The lowest BCUT2D eigenvalue weighted by Gasteiger charge is -2.13. The number of carbonyl (C=O) groups excluding carboxylic acids is 2. The third kappa shape index (κ3) is 4.00. The molecule has 0 unspecified atom stereocenters. The number of methoxy groups -OCH3 is 2. The summed E-state index contributed by atoms with van der Waals surface area (Å²) in [6.45, 7) is 1.95. The van der Waals surface area contributed by atoms with Crippen molar-refractivity contribution in [2.45, 2.75) is 6.92 Å². The van der Waals surface area contributed by atoms with Gasteiger partial charge in [-0.2, -0.15) is 0 Å². The Bertz CT molecular complexity index is 689. The topological polar surface area (TPSA) is 76.7 Å². The van der Waals surface area contributed by atoms with Crippen molar-refractivity contribution < 1.29 is 19.1 Å². The molecule has 0 bridgehead atoms. The van der Waals surface area contributed by atoms with Crippen molar-refractivity contribution in [3.8, 4) is 11.5 Å². The molecule has 0 heterocycles. The largest absolute Gasteiger partial charge is 0.496 e. The number of carbonyl (C=O) groups is 2. The van der Waals surface area contributed by atoms with Crippen LogP contribution in [0.25, 0.3) is 0 Å². The molecular weight excluding hydrogens is 296 g/mol. The van der Waals surface area contributed by atoms with E-state index in [2.05, 4.69) is 10.6 Å². The van der Waals surface area contributed by atoms with Gasteiger partial charge in [0.1, 0.15) is 17.1 Å². The van der Waals surface area contributed by atoms with Gasteiger partial charge >= 0.3 is 6.03 Å². The van der Waals surface area contributed by atoms with Crippen LogP contribution in [0.5, 0.6) is 11.5 Å². The van der Waals surface area contributed by atoms with Crippen LogP contribution in [0.2, 0.25) is 0 Å². The van der Waals surface area contributed by atoms with Crippen molar-refractivity contribution in [2.75, 3.05) is 19.5 Å². The summed E-state index contributed by atoms with van der Waals surface area (Å²) in [6, 6.07) is 11.5. The third-order valence-electron chi connectivity index (χ3n) is 3.19. The minimum atomic E-state index is -0.633. The van der Waals surface area contributed by atoms with Crippen LogP contribution >= 0.6 is 0 Å². The molecule has 0 aliphatic rings. The van der Waals surface area contributed by atoms with Crippen LogP contribution in [0.4, 0.5) is 10.5 Å². The number of urea groups is 1. The average molecular weight is 314 g/mol. The minimum absolute atomic E-state index is 0.163. The highest BCUT2D eigenvalue weighted by Crippen LogP contribution is 2.27. The van der Waals surface area contributed by atoms with Crippen molar-refractivity contribution in [3.05, 3.63) is 53.6 Å². The fourth-order valence-corrected chi connectivity index (χ4v) is 2.04. The molecule has 0 spiro atoms. The standard InChI is InChI=1S/C17H18N2O4/c1-11-7-9-12(10-8-11)18-17(21)19-16(20)15-13(22-2)5-4-6-14(15)23-3/h4-10H,1-3H3,(H2,18,19,20,21). The van der Waals surface area contributed by atoms with Gasteiger partial charge in [-0.1, -0.05) is 23.8 Å². The Hall–Kier alpha value is -3.02. The zero-order valence-corrected chi connectivity index (χ0v) is 13.2. The molecule has 6 nitrogen and oxygen atoms in total. The van der Waals surface area contributed by atoms with Crippen molar-refractivity contribution in [3.63, 3.8) is 0 Å². The van der Waals surface area contributed by atoms with E-state index in [1.54, 1.807) is 30.3 Å². The van der Waals surface area contributed by atoms with E-state index in [1.165, 1.54) is 14.2 Å². The highest BCUT2D eigenvalue weighted by atomic mass is 16.5. The second kappa shape index (κ2) is 7.31. The van der Waals surface area contributed by atoms with Gasteiger partial charge in [0.2, 0.25) is 0 Å². The second-order valence-corrected chi connectivity index (χ2v) is 4.81. The van der Waals surface area contributed by atoms with Crippen LogP contribution in [0, 0.1) is 6.92 Å². The highest BCUT2D eigenvalue weighted by molar-refractivity contribution is 6.10. The molecule has 3 amide bonds. The predicted octanol–water partition coefficient (Wildman–Crippen LogP) is 2.97. The van der Waals surface area contributed by atoms with Gasteiger partial charge in [-0.05, 0) is 31.2 Å². The number of rotatable bonds is 4. The maximum Gasteiger partial charge on any atom is 0.326 e. The molecule has 23 heavy (non-hydrogen) atoms. The lowest BCUT2D eigenvalue weighted by atomic mass is 10.1. The molecule has 0 aliphatic heterocycles. The Balaban J connectivity index is 2.12.